The third-order valence-corrected chi connectivity index (χ3v) is 2.09. The molecule has 1 aromatic rings. The van der Waals surface area contributed by atoms with E-state index in [1.165, 1.54) is 19.9 Å². The molecule has 0 aliphatic rings. The molecule has 0 spiro atoms. The zero-order valence-corrected chi connectivity index (χ0v) is 10.3. The number of aromatic carboxylic acids is 1. The van der Waals surface area contributed by atoms with Crippen LogP contribution >= 0.6 is 11.6 Å². The van der Waals surface area contributed by atoms with E-state index in [4.69, 9.17) is 16.7 Å². The molecule has 3 N–H and O–H groups in total. The number of amides is 2. The zero-order chi connectivity index (χ0) is 13.9. The fraction of sp³-hybridized carbons (Fsp3) is 0.200. The average Bonchev–Trinajstić information content (AvgIpc) is 2.20. The summed E-state index contributed by atoms with van der Waals surface area (Å²) < 4.78 is 0. The van der Waals surface area contributed by atoms with Gasteiger partial charge >= 0.3 is 5.97 Å². The maximum atomic E-state index is 11.0. The summed E-state index contributed by atoms with van der Waals surface area (Å²) in [5.41, 5.74) is -0.314. The predicted molar refractivity (Wildman–Crippen MR) is 64.8 cm³/mol. The van der Waals surface area contributed by atoms with Crippen molar-refractivity contribution in [2.24, 2.45) is 0 Å². The quantitative estimate of drug-likeness (QED) is 0.719. The number of carboxylic acid groups (broad SMARTS) is 1. The van der Waals surface area contributed by atoms with E-state index in [2.05, 4.69) is 15.6 Å². The molecule has 96 valence electrons. The van der Waals surface area contributed by atoms with Crippen LogP contribution in [0, 0.1) is 0 Å². The van der Waals surface area contributed by atoms with Crippen LogP contribution in [0.1, 0.15) is 24.3 Å². The second-order valence-electron chi connectivity index (χ2n) is 3.39. The first-order valence-electron chi connectivity index (χ1n) is 4.80. The molecule has 1 aromatic heterocycles. The Labute approximate surface area is 107 Å². The monoisotopic (exact) mass is 271 g/mol. The lowest BCUT2D eigenvalue weighted by atomic mass is 10.2. The molecular formula is C10H10ClN3O4. The Kier molecular flexibility index (Phi) is 4.22. The van der Waals surface area contributed by atoms with Crippen LogP contribution in [0.4, 0.5) is 11.4 Å². The van der Waals surface area contributed by atoms with Gasteiger partial charge in [-0.25, -0.2) is 9.78 Å². The second kappa shape index (κ2) is 5.46. The fourth-order valence-electron chi connectivity index (χ4n) is 1.22. The molecule has 7 nitrogen and oxygen atoms in total. The van der Waals surface area contributed by atoms with E-state index >= 15 is 0 Å². The van der Waals surface area contributed by atoms with Crippen molar-refractivity contribution in [1.29, 1.82) is 0 Å². The highest BCUT2D eigenvalue weighted by Crippen LogP contribution is 2.26. The maximum Gasteiger partial charge on any atom is 0.356 e. The highest BCUT2D eigenvalue weighted by atomic mass is 35.5. The number of halogens is 1. The largest absolute Gasteiger partial charge is 0.476 e. The number of pyridine rings is 1. The standard InChI is InChI=1S/C10H10ClN3O4/c1-4(15)12-6-3-7(13-5(2)16)9(11)14-8(6)10(17)18/h3H,1-2H3,(H,12,15)(H,13,16)(H,17,18). The number of hydrogen-bond acceptors (Lipinski definition) is 4. The van der Waals surface area contributed by atoms with Crippen molar-refractivity contribution in [1.82, 2.24) is 4.98 Å². The number of hydrogen-bond donors (Lipinski definition) is 3. The number of nitrogens with zero attached hydrogens (tertiary/aromatic N) is 1. The number of aromatic nitrogens is 1. The number of rotatable bonds is 3. The summed E-state index contributed by atoms with van der Waals surface area (Å²) in [7, 11) is 0. The van der Waals surface area contributed by atoms with Crippen LogP contribution in [0.2, 0.25) is 5.15 Å². The van der Waals surface area contributed by atoms with E-state index < -0.39 is 23.5 Å². The minimum Gasteiger partial charge on any atom is -0.476 e. The van der Waals surface area contributed by atoms with E-state index in [1.807, 2.05) is 0 Å². The Morgan fingerprint density at radius 2 is 1.67 bits per heavy atom. The Morgan fingerprint density at radius 3 is 2.11 bits per heavy atom. The van der Waals surface area contributed by atoms with Gasteiger partial charge in [0.25, 0.3) is 0 Å². The van der Waals surface area contributed by atoms with Crippen LogP contribution in [0.3, 0.4) is 0 Å². The summed E-state index contributed by atoms with van der Waals surface area (Å²) in [4.78, 5) is 36.4. The molecule has 0 fully saturated rings. The van der Waals surface area contributed by atoms with Gasteiger partial charge in [-0.3, -0.25) is 9.59 Å². The van der Waals surface area contributed by atoms with E-state index in [0.29, 0.717) is 0 Å². The van der Waals surface area contributed by atoms with Crippen LogP contribution in [0.25, 0.3) is 0 Å². The number of nitrogens with one attached hydrogen (secondary N) is 2. The van der Waals surface area contributed by atoms with Gasteiger partial charge in [0.05, 0.1) is 11.4 Å². The van der Waals surface area contributed by atoms with E-state index in [0.717, 1.165) is 0 Å². The molecule has 8 heteroatoms. The van der Waals surface area contributed by atoms with E-state index in [9.17, 15) is 14.4 Å². The highest BCUT2D eigenvalue weighted by molar-refractivity contribution is 6.32. The lowest BCUT2D eigenvalue weighted by Crippen LogP contribution is -2.15. The Bertz CT molecular complexity index is 530. The molecular weight excluding hydrogens is 262 g/mol. The number of carboxylic acids is 1. The molecule has 0 aliphatic heterocycles. The summed E-state index contributed by atoms with van der Waals surface area (Å²) in [6.45, 7) is 2.48. The molecule has 0 saturated carbocycles. The number of carbonyl (C=O) groups is 3. The molecule has 0 unspecified atom stereocenters. The fourth-order valence-corrected chi connectivity index (χ4v) is 1.40. The summed E-state index contributed by atoms with van der Waals surface area (Å²) in [6.07, 6.45) is 0. The SMILES string of the molecule is CC(=O)Nc1cc(NC(C)=O)c(C(=O)O)nc1Cl. The van der Waals surface area contributed by atoms with Gasteiger partial charge in [-0.1, -0.05) is 11.6 Å². The van der Waals surface area contributed by atoms with Crippen molar-refractivity contribution in [3.8, 4) is 0 Å². The van der Waals surface area contributed by atoms with Crippen molar-refractivity contribution in [2.45, 2.75) is 13.8 Å². The van der Waals surface area contributed by atoms with Gasteiger partial charge < -0.3 is 15.7 Å². The first-order chi connectivity index (χ1) is 8.31. The lowest BCUT2D eigenvalue weighted by molar-refractivity contribution is -0.115. The topological polar surface area (TPSA) is 108 Å². The van der Waals surface area contributed by atoms with Gasteiger partial charge in [0.2, 0.25) is 11.8 Å². The number of carbonyl (C=O) groups excluding carboxylic acids is 2. The molecule has 0 aromatic carbocycles. The minimum atomic E-state index is -1.34. The van der Waals surface area contributed by atoms with Crippen LogP contribution in [-0.4, -0.2) is 27.9 Å². The average molecular weight is 272 g/mol. The second-order valence-corrected chi connectivity index (χ2v) is 3.75. The van der Waals surface area contributed by atoms with E-state index in [1.54, 1.807) is 0 Å². The van der Waals surface area contributed by atoms with Crippen molar-refractivity contribution in [3.05, 3.63) is 16.9 Å². The molecule has 1 heterocycles. The number of anilines is 2. The van der Waals surface area contributed by atoms with Gasteiger partial charge in [0, 0.05) is 13.8 Å². The van der Waals surface area contributed by atoms with Crippen LogP contribution in [0.5, 0.6) is 0 Å². The summed E-state index contributed by atoms with van der Waals surface area (Å²) in [5.74, 6) is -2.19. The molecule has 0 atom stereocenters. The molecule has 0 bridgehead atoms. The Hall–Kier alpha value is -2.15. The molecule has 0 radical (unpaired) electrons. The van der Waals surface area contributed by atoms with Crippen molar-refractivity contribution < 1.29 is 19.5 Å². The predicted octanol–water partition coefficient (Wildman–Crippen LogP) is 1.35. The smallest absolute Gasteiger partial charge is 0.356 e. The van der Waals surface area contributed by atoms with Crippen molar-refractivity contribution in [2.75, 3.05) is 10.6 Å². The Balaban J connectivity index is 3.30. The first kappa shape index (κ1) is 13.9. The van der Waals surface area contributed by atoms with Crippen molar-refractivity contribution >= 4 is 40.8 Å². The van der Waals surface area contributed by atoms with Crippen LogP contribution in [0.15, 0.2) is 6.07 Å². The highest BCUT2D eigenvalue weighted by Gasteiger charge is 2.17. The Morgan fingerprint density at radius 1 is 1.17 bits per heavy atom. The first-order valence-corrected chi connectivity index (χ1v) is 5.18. The molecule has 0 saturated heterocycles. The van der Waals surface area contributed by atoms with Gasteiger partial charge in [-0.2, -0.15) is 0 Å². The summed E-state index contributed by atoms with van der Waals surface area (Å²) >= 11 is 5.72. The maximum absolute atomic E-state index is 11.0. The summed E-state index contributed by atoms with van der Waals surface area (Å²) in [6, 6.07) is 1.24. The third kappa shape index (κ3) is 3.42. The van der Waals surface area contributed by atoms with Crippen molar-refractivity contribution in [3.63, 3.8) is 0 Å². The third-order valence-electron chi connectivity index (χ3n) is 1.80. The minimum absolute atomic E-state index is 0.0387. The van der Waals surface area contributed by atoms with Gasteiger partial charge in [0.1, 0.15) is 0 Å². The van der Waals surface area contributed by atoms with Gasteiger partial charge in [-0.05, 0) is 6.07 Å². The zero-order valence-electron chi connectivity index (χ0n) is 9.57. The molecule has 0 aliphatic carbocycles. The van der Waals surface area contributed by atoms with Gasteiger partial charge in [0.15, 0.2) is 10.8 Å². The van der Waals surface area contributed by atoms with Crippen LogP contribution in [-0.2, 0) is 9.59 Å². The molecule has 2 amide bonds. The van der Waals surface area contributed by atoms with Gasteiger partial charge in [-0.15, -0.1) is 0 Å². The van der Waals surface area contributed by atoms with Crippen LogP contribution < -0.4 is 10.6 Å². The molecule has 1 rings (SSSR count). The normalized spacial score (nSPS) is 9.72. The van der Waals surface area contributed by atoms with E-state index in [-0.39, 0.29) is 16.5 Å². The summed E-state index contributed by atoms with van der Waals surface area (Å²) in [5, 5.41) is 13.4. The molecule has 18 heavy (non-hydrogen) atoms. The lowest BCUT2D eigenvalue weighted by Gasteiger charge is -2.10.